The van der Waals surface area contributed by atoms with Gasteiger partial charge in [0.2, 0.25) is 0 Å². The third-order valence-corrected chi connectivity index (χ3v) is 3.15. The Morgan fingerprint density at radius 2 is 2.06 bits per heavy atom. The molecule has 4 heteroatoms. The second kappa shape index (κ2) is 7.36. The minimum absolute atomic E-state index is 0.000793. The third kappa shape index (κ3) is 3.45. The van der Waals surface area contributed by atoms with Gasteiger partial charge in [0, 0.05) is 6.61 Å². The molecule has 3 N–H and O–H groups in total. The van der Waals surface area contributed by atoms with Gasteiger partial charge >= 0.3 is 0 Å². The summed E-state index contributed by atoms with van der Waals surface area (Å²) < 4.78 is 11.0. The Bertz CT molecular complexity index is 369. The first-order valence-electron chi connectivity index (χ1n) is 6.40. The summed E-state index contributed by atoms with van der Waals surface area (Å²) in [5.74, 6) is 6.55. The molecule has 0 heterocycles. The molecular formula is C14H24N2O2. The zero-order chi connectivity index (χ0) is 13.5. The van der Waals surface area contributed by atoms with Crippen LogP contribution in [-0.2, 0) is 4.74 Å². The second-order valence-electron chi connectivity index (χ2n) is 4.27. The molecule has 2 unspecified atom stereocenters. The Morgan fingerprint density at radius 3 is 2.50 bits per heavy atom. The molecule has 0 fully saturated rings. The highest BCUT2D eigenvalue weighted by molar-refractivity contribution is 5.37. The largest absolute Gasteiger partial charge is 0.497 e. The number of methoxy groups -OCH3 is 1. The molecule has 0 aliphatic rings. The highest BCUT2D eigenvalue weighted by atomic mass is 16.5. The predicted octanol–water partition coefficient (Wildman–Crippen LogP) is 2.32. The number of rotatable bonds is 7. The molecular weight excluding hydrogens is 228 g/mol. The maximum atomic E-state index is 5.74. The van der Waals surface area contributed by atoms with E-state index in [1.165, 1.54) is 0 Å². The molecule has 2 atom stereocenters. The average Bonchev–Trinajstić information content (AvgIpc) is 2.39. The van der Waals surface area contributed by atoms with Crippen LogP contribution in [0.4, 0.5) is 0 Å². The summed E-state index contributed by atoms with van der Waals surface area (Å²) in [4.78, 5) is 0. The van der Waals surface area contributed by atoms with E-state index in [1.807, 2.05) is 25.1 Å². The van der Waals surface area contributed by atoms with Crippen LogP contribution in [0.25, 0.3) is 0 Å². The van der Waals surface area contributed by atoms with Crippen molar-refractivity contribution in [3.05, 3.63) is 29.3 Å². The zero-order valence-electron chi connectivity index (χ0n) is 11.7. The van der Waals surface area contributed by atoms with E-state index in [1.54, 1.807) is 7.11 Å². The highest BCUT2D eigenvalue weighted by Gasteiger charge is 2.22. The number of benzene rings is 1. The fourth-order valence-electron chi connectivity index (χ4n) is 2.19. The Labute approximate surface area is 109 Å². The van der Waals surface area contributed by atoms with Crippen molar-refractivity contribution in [1.29, 1.82) is 0 Å². The summed E-state index contributed by atoms with van der Waals surface area (Å²) >= 11 is 0. The molecule has 0 amide bonds. The molecule has 102 valence electrons. The van der Waals surface area contributed by atoms with Crippen LogP contribution in [-0.4, -0.2) is 19.8 Å². The van der Waals surface area contributed by atoms with Crippen LogP contribution in [0.2, 0.25) is 0 Å². The van der Waals surface area contributed by atoms with Crippen molar-refractivity contribution in [2.24, 2.45) is 5.84 Å². The minimum Gasteiger partial charge on any atom is -0.497 e. The van der Waals surface area contributed by atoms with Gasteiger partial charge in [0.15, 0.2) is 0 Å². The maximum Gasteiger partial charge on any atom is 0.119 e. The van der Waals surface area contributed by atoms with Gasteiger partial charge in [0.1, 0.15) is 5.75 Å². The molecule has 0 bridgehead atoms. The number of nitrogens with two attached hydrogens (primary N) is 1. The predicted molar refractivity (Wildman–Crippen MR) is 73.5 cm³/mol. The summed E-state index contributed by atoms with van der Waals surface area (Å²) in [6.07, 6.45) is 0.987. The van der Waals surface area contributed by atoms with Crippen molar-refractivity contribution in [3.63, 3.8) is 0 Å². The molecule has 0 radical (unpaired) electrons. The summed E-state index contributed by atoms with van der Waals surface area (Å²) in [7, 11) is 1.67. The number of ether oxygens (including phenoxy) is 2. The summed E-state index contributed by atoms with van der Waals surface area (Å²) in [5, 5.41) is 0. The van der Waals surface area contributed by atoms with E-state index in [0.717, 1.165) is 23.3 Å². The molecule has 4 nitrogen and oxygen atoms in total. The normalized spacial score (nSPS) is 14.3. The van der Waals surface area contributed by atoms with Gasteiger partial charge < -0.3 is 9.47 Å². The summed E-state index contributed by atoms with van der Waals surface area (Å²) in [6, 6.07) is 6.00. The number of nitrogens with one attached hydrogen (secondary N) is 1. The first-order chi connectivity index (χ1) is 8.67. The molecule has 0 spiro atoms. The Hall–Kier alpha value is -1.10. The second-order valence-corrected chi connectivity index (χ2v) is 4.27. The van der Waals surface area contributed by atoms with Crippen molar-refractivity contribution in [2.75, 3.05) is 13.7 Å². The Morgan fingerprint density at radius 1 is 1.33 bits per heavy atom. The fourth-order valence-corrected chi connectivity index (χ4v) is 2.19. The van der Waals surface area contributed by atoms with Crippen LogP contribution in [0, 0.1) is 6.92 Å². The van der Waals surface area contributed by atoms with Gasteiger partial charge in [-0.2, -0.15) is 0 Å². The minimum atomic E-state index is 0.000793. The molecule has 0 aromatic heterocycles. The molecule has 0 aliphatic carbocycles. The van der Waals surface area contributed by atoms with E-state index in [2.05, 4.69) is 19.3 Å². The molecule has 0 saturated carbocycles. The SMILES string of the molecule is CCOC(CC)C(NN)c1ccc(OC)cc1C. The lowest BCUT2D eigenvalue weighted by Crippen LogP contribution is -2.38. The zero-order valence-corrected chi connectivity index (χ0v) is 11.7. The van der Waals surface area contributed by atoms with E-state index < -0.39 is 0 Å². The van der Waals surface area contributed by atoms with Crippen LogP contribution in [0.1, 0.15) is 37.4 Å². The van der Waals surface area contributed by atoms with Crippen LogP contribution in [0.5, 0.6) is 5.75 Å². The lowest BCUT2D eigenvalue weighted by atomic mass is 9.96. The summed E-state index contributed by atoms with van der Waals surface area (Å²) in [6.45, 7) is 6.84. The van der Waals surface area contributed by atoms with Crippen LogP contribution >= 0.6 is 0 Å². The van der Waals surface area contributed by atoms with Gasteiger partial charge in [0.25, 0.3) is 0 Å². The topological polar surface area (TPSA) is 56.5 Å². The monoisotopic (exact) mass is 252 g/mol. The number of hydrogen-bond donors (Lipinski definition) is 2. The standard InChI is InChI=1S/C14H24N2O2/c1-5-13(18-6-2)14(16-15)12-8-7-11(17-4)9-10(12)3/h7-9,13-14,16H,5-6,15H2,1-4H3. The van der Waals surface area contributed by atoms with E-state index in [9.17, 15) is 0 Å². The van der Waals surface area contributed by atoms with Gasteiger partial charge in [-0.1, -0.05) is 13.0 Å². The van der Waals surface area contributed by atoms with E-state index in [0.29, 0.717) is 6.61 Å². The smallest absolute Gasteiger partial charge is 0.119 e. The van der Waals surface area contributed by atoms with Gasteiger partial charge in [0.05, 0.1) is 19.3 Å². The maximum absolute atomic E-state index is 5.74. The van der Waals surface area contributed by atoms with Crippen LogP contribution in [0.15, 0.2) is 18.2 Å². The van der Waals surface area contributed by atoms with Crippen LogP contribution < -0.4 is 16.0 Å². The molecule has 18 heavy (non-hydrogen) atoms. The fraction of sp³-hybridized carbons (Fsp3) is 0.571. The van der Waals surface area contributed by atoms with Crippen molar-refractivity contribution in [2.45, 2.75) is 39.3 Å². The van der Waals surface area contributed by atoms with Gasteiger partial charge in [-0.15, -0.1) is 0 Å². The summed E-state index contributed by atoms with van der Waals surface area (Å²) in [5.41, 5.74) is 5.17. The lowest BCUT2D eigenvalue weighted by molar-refractivity contribution is 0.0312. The molecule has 1 rings (SSSR count). The molecule has 0 saturated heterocycles. The average molecular weight is 252 g/mol. The van der Waals surface area contributed by atoms with Crippen molar-refractivity contribution in [3.8, 4) is 5.75 Å². The van der Waals surface area contributed by atoms with Gasteiger partial charge in [-0.3, -0.25) is 11.3 Å². The van der Waals surface area contributed by atoms with Crippen molar-refractivity contribution >= 4 is 0 Å². The Kier molecular flexibility index (Phi) is 6.12. The van der Waals surface area contributed by atoms with Crippen molar-refractivity contribution in [1.82, 2.24) is 5.43 Å². The molecule has 0 aliphatic heterocycles. The van der Waals surface area contributed by atoms with Crippen LogP contribution in [0.3, 0.4) is 0 Å². The van der Waals surface area contributed by atoms with Crippen molar-refractivity contribution < 1.29 is 9.47 Å². The van der Waals surface area contributed by atoms with E-state index in [4.69, 9.17) is 15.3 Å². The third-order valence-electron chi connectivity index (χ3n) is 3.15. The van der Waals surface area contributed by atoms with Gasteiger partial charge in [-0.05, 0) is 43.5 Å². The van der Waals surface area contributed by atoms with Gasteiger partial charge in [-0.25, -0.2) is 0 Å². The number of hydrogen-bond acceptors (Lipinski definition) is 4. The Balaban J connectivity index is 3.00. The number of hydrazine groups is 1. The highest BCUT2D eigenvalue weighted by Crippen LogP contribution is 2.26. The van der Waals surface area contributed by atoms with E-state index >= 15 is 0 Å². The lowest BCUT2D eigenvalue weighted by Gasteiger charge is -2.27. The van der Waals surface area contributed by atoms with E-state index in [-0.39, 0.29) is 12.1 Å². The molecule has 1 aromatic rings. The molecule has 1 aromatic carbocycles. The number of aryl methyl sites for hydroxylation is 1. The first kappa shape index (κ1) is 15.0. The first-order valence-corrected chi connectivity index (χ1v) is 6.40. The quantitative estimate of drug-likeness (QED) is 0.577.